The van der Waals surface area contributed by atoms with Crippen molar-refractivity contribution in [2.24, 2.45) is 17.6 Å². The van der Waals surface area contributed by atoms with Gasteiger partial charge < -0.3 is 16.4 Å². The highest BCUT2D eigenvalue weighted by molar-refractivity contribution is 5.79. The van der Waals surface area contributed by atoms with Gasteiger partial charge in [0.25, 0.3) is 0 Å². The standard InChI is InChI=1S/C16H31N3O2/c1-16(2,3)19-14(20)8-9-18-15(21)10-12-4-6-13(11-17)7-5-12/h12-13H,4-11,17H2,1-3H3,(H,18,21)(H,19,20). The van der Waals surface area contributed by atoms with Gasteiger partial charge in [-0.2, -0.15) is 0 Å². The van der Waals surface area contributed by atoms with Gasteiger partial charge in [0.05, 0.1) is 0 Å². The first kappa shape index (κ1) is 18.0. The monoisotopic (exact) mass is 297 g/mol. The van der Waals surface area contributed by atoms with Crippen molar-refractivity contribution in [3.63, 3.8) is 0 Å². The number of hydrogen-bond donors (Lipinski definition) is 3. The van der Waals surface area contributed by atoms with Crippen LogP contribution < -0.4 is 16.4 Å². The number of amides is 2. The van der Waals surface area contributed by atoms with Crippen molar-refractivity contribution in [1.82, 2.24) is 10.6 Å². The second kappa shape index (κ2) is 8.37. The summed E-state index contributed by atoms with van der Waals surface area (Å²) in [6.45, 7) is 7.02. The van der Waals surface area contributed by atoms with Gasteiger partial charge in [-0.15, -0.1) is 0 Å². The van der Waals surface area contributed by atoms with Crippen LogP contribution in [0.4, 0.5) is 0 Å². The molecule has 21 heavy (non-hydrogen) atoms. The summed E-state index contributed by atoms with van der Waals surface area (Å²) in [6.07, 6.45) is 5.39. The van der Waals surface area contributed by atoms with E-state index in [-0.39, 0.29) is 17.4 Å². The zero-order chi connectivity index (χ0) is 15.9. The van der Waals surface area contributed by atoms with Gasteiger partial charge in [-0.3, -0.25) is 9.59 Å². The summed E-state index contributed by atoms with van der Waals surface area (Å²) in [7, 11) is 0. The maximum absolute atomic E-state index is 11.9. The van der Waals surface area contributed by atoms with E-state index < -0.39 is 0 Å². The van der Waals surface area contributed by atoms with Crippen LogP contribution in [0.1, 0.15) is 59.3 Å². The van der Waals surface area contributed by atoms with Crippen LogP contribution >= 0.6 is 0 Å². The minimum Gasteiger partial charge on any atom is -0.356 e. The van der Waals surface area contributed by atoms with Crippen LogP contribution in [0.5, 0.6) is 0 Å². The molecule has 1 aliphatic rings. The molecule has 0 bridgehead atoms. The Morgan fingerprint density at radius 3 is 2.14 bits per heavy atom. The van der Waals surface area contributed by atoms with Crippen LogP contribution in [0.25, 0.3) is 0 Å². The molecule has 0 spiro atoms. The number of nitrogens with one attached hydrogen (secondary N) is 2. The molecule has 1 fully saturated rings. The summed E-state index contributed by atoms with van der Waals surface area (Å²) in [5, 5.41) is 5.73. The van der Waals surface area contributed by atoms with Crippen molar-refractivity contribution in [2.45, 2.75) is 64.8 Å². The summed E-state index contributed by atoms with van der Waals surface area (Å²) in [5.74, 6) is 1.17. The first-order valence-electron chi connectivity index (χ1n) is 8.08. The Morgan fingerprint density at radius 1 is 1.05 bits per heavy atom. The van der Waals surface area contributed by atoms with Crippen LogP contribution in [0.15, 0.2) is 0 Å². The summed E-state index contributed by atoms with van der Waals surface area (Å²) in [5.41, 5.74) is 5.45. The summed E-state index contributed by atoms with van der Waals surface area (Å²) < 4.78 is 0. The van der Waals surface area contributed by atoms with E-state index in [1.54, 1.807) is 0 Å². The van der Waals surface area contributed by atoms with Crippen molar-refractivity contribution in [1.29, 1.82) is 0 Å². The molecule has 122 valence electrons. The average Bonchev–Trinajstić information content (AvgIpc) is 2.37. The SMILES string of the molecule is CC(C)(C)NC(=O)CCNC(=O)CC1CCC(CN)CC1. The van der Waals surface area contributed by atoms with Crippen molar-refractivity contribution in [2.75, 3.05) is 13.1 Å². The third kappa shape index (κ3) is 8.05. The predicted octanol–water partition coefficient (Wildman–Crippen LogP) is 1.56. The normalized spacial score (nSPS) is 22.7. The number of carbonyl (C=O) groups excluding carboxylic acids is 2. The lowest BCUT2D eigenvalue weighted by atomic mass is 9.80. The van der Waals surface area contributed by atoms with E-state index in [0.717, 1.165) is 32.2 Å². The fraction of sp³-hybridized carbons (Fsp3) is 0.875. The Balaban J connectivity index is 2.13. The molecule has 0 atom stereocenters. The van der Waals surface area contributed by atoms with E-state index in [4.69, 9.17) is 5.73 Å². The van der Waals surface area contributed by atoms with Crippen LogP contribution in [-0.2, 0) is 9.59 Å². The zero-order valence-electron chi connectivity index (χ0n) is 13.7. The smallest absolute Gasteiger partial charge is 0.222 e. The number of rotatable bonds is 6. The van der Waals surface area contributed by atoms with Crippen LogP contribution in [0.2, 0.25) is 0 Å². The van der Waals surface area contributed by atoms with Gasteiger partial charge in [-0.1, -0.05) is 0 Å². The van der Waals surface area contributed by atoms with Crippen molar-refractivity contribution in [3.8, 4) is 0 Å². The van der Waals surface area contributed by atoms with Gasteiger partial charge in [0.1, 0.15) is 0 Å². The zero-order valence-corrected chi connectivity index (χ0v) is 13.7. The molecule has 1 aliphatic carbocycles. The van der Waals surface area contributed by atoms with Gasteiger partial charge >= 0.3 is 0 Å². The first-order chi connectivity index (χ1) is 9.80. The highest BCUT2D eigenvalue weighted by Gasteiger charge is 2.22. The summed E-state index contributed by atoms with van der Waals surface area (Å²) in [4.78, 5) is 23.5. The van der Waals surface area contributed by atoms with Crippen LogP contribution in [0.3, 0.4) is 0 Å². The molecule has 0 saturated heterocycles. The largest absolute Gasteiger partial charge is 0.356 e. The lowest BCUT2D eigenvalue weighted by Crippen LogP contribution is -2.42. The van der Waals surface area contributed by atoms with E-state index in [1.165, 1.54) is 0 Å². The fourth-order valence-electron chi connectivity index (χ4n) is 2.80. The molecule has 0 aliphatic heterocycles. The molecule has 2 amide bonds. The molecule has 1 rings (SSSR count). The Kier molecular flexibility index (Phi) is 7.15. The highest BCUT2D eigenvalue weighted by atomic mass is 16.2. The molecule has 5 nitrogen and oxygen atoms in total. The van der Waals surface area contributed by atoms with Crippen LogP contribution in [0, 0.1) is 11.8 Å². The lowest BCUT2D eigenvalue weighted by molar-refractivity contribution is -0.123. The first-order valence-corrected chi connectivity index (χ1v) is 8.08. The Morgan fingerprint density at radius 2 is 1.62 bits per heavy atom. The molecular weight excluding hydrogens is 266 g/mol. The van der Waals surface area contributed by atoms with Gasteiger partial charge in [-0.25, -0.2) is 0 Å². The highest BCUT2D eigenvalue weighted by Crippen LogP contribution is 2.29. The summed E-state index contributed by atoms with van der Waals surface area (Å²) in [6, 6.07) is 0. The number of hydrogen-bond acceptors (Lipinski definition) is 3. The molecule has 0 aromatic rings. The Labute approximate surface area is 128 Å². The van der Waals surface area contributed by atoms with Crippen molar-refractivity contribution in [3.05, 3.63) is 0 Å². The third-order valence-corrected chi connectivity index (χ3v) is 3.96. The number of nitrogens with two attached hydrogens (primary N) is 1. The van der Waals surface area contributed by atoms with E-state index in [0.29, 0.717) is 31.2 Å². The second-order valence-electron chi connectivity index (χ2n) is 7.22. The topological polar surface area (TPSA) is 84.2 Å². The molecule has 5 heteroatoms. The van der Waals surface area contributed by atoms with Crippen LogP contribution in [-0.4, -0.2) is 30.4 Å². The lowest BCUT2D eigenvalue weighted by Gasteiger charge is -2.27. The molecule has 0 aromatic carbocycles. The van der Waals surface area contributed by atoms with Crippen molar-refractivity contribution < 1.29 is 9.59 Å². The number of carbonyl (C=O) groups is 2. The van der Waals surface area contributed by atoms with E-state index >= 15 is 0 Å². The molecule has 0 heterocycles. The Hall–Kier alpha value is -1.10. The molecule has 0 radical (unpaired) electrons. The van der Waals surface area contributed by atoms with Gasteiger partial charge in [0.2, 0.25) is 11.8 Å². The van der Waals surface area contributed by atoms with E-state index in [9.17, 15) is 9.59 Å². The minimum atomic E-state index is -0.220. The maximum atomic E-state index is 11.9. The molecule has 0 aromatic heterocycles. The van der Waals surface area contributed by atoms with Gasteiger partial charge in [-0.05, 0) is 64.8 Å². The molecule has 4 N–H and O–H groups in total. The third-order valence-electron chi connectivity index (χ3n) is 3.96. The Bertz CT molecular complexity index is 342. The maximum Gasteiger partial charge on any atom is 0.222 e. The van der Waals surface area contributed by atoms with Gasteiger partial charge in [0, 0.05) is 24.9 Å². The van der Waals surface area contributed by atoms with E-state index in [1.807, 2.05) is 20.8 Å². The average molecular weight is 297 g/mol. The van der Waals surface area contributed by atoms with Gasteiger partial charge in [0.15, 0.2) is 0 Å². The van der Waals surface area contributed by atoms with E-state index in [2.05, 4.69) is 10.6 Å². The van der Waals surface area contributed by atoms with Crippen molar-refractivity contribution >= 4 is 11.8 Å². The summed E-state index contributed by atoms with van der Waals surface area (Å²) >= 11 is 0. The quantitative estimate of drug-likeness (QED) is 0.695. The second-order valence-corrected chi connectivity index (χ2v) is 7.22. The fourth-order valence-corrected chi connectivity index (χ4v) is 2.80. The molecule has 1 saturated carbocycles. The molecular formula is C16H31N3O2. The molecule has 0 unspecified atom stereocenters. The minimum absolute atomic E-state index is 0.0220. The predicted molar refractivity (Wildman–Crippen MR) is 84.6 cm³/mol.